The number of aliphatic hydroxyl groups is 1. The third kappa shape index (κ3) is 1.66. The van der Waals surface area contributed by atoms with Gasteiger partial charge in [0.2, 0.25) is 0 Å². The van der Waals surface area contributed by atoms with Crippen LogP contribution in [0.3, 0.4) is 0 Å². The van der Waals surface area contributed by atoms with Crippen molar-refractivity contribution < 1.29 is 5.11 Å². The number of hydrogen-bond donors (Lipinski definition) is 1. The minimum Gasteiger partial charge on any atom is -0.392 e. The van der Waals surface area contributed by atoms with E-state index < -0.39 is 0 Å². The van der Waals surface area contributed by atoms with Crippen LogP contribution in [0.4, 0.5) is 0 Å². The molecule has 5 heteroatoms. The summed E-state index contributed by atoms with van der Waals surface area (Å²) < 4.78 is 1.68. The van der Waals surface area contributed by atoms with Crippen LogP contribution in [0, 0.1) is 0 Å². The highest BCUT2D eigenvalue weighted by Crippen LogP contribution is 2.15. The Bertz CT molecular complexity index is 645. The molecule has 0 fully saturated rings. The summed E-state index contributed by atoms with van der Waals surface area (Å²) in [6.45, 7) is -0.0554. The van der Waals surface area contributed by atoms with E-state index in [2.05, 4.69) is 15.1 Å². The number of para-hydroxylation sites is 1. The summed E-state index contributed by atoms with van der Waals surface area (Å²) >= 11 is 0. The van der Waals surface area contributed by atoms with Crippen LogP contribution in [0.1, 0.15) is 5.56 Å². The van der Waals surface area contributed by atoms with Crippen LogP contribution in [0.2, 0.25) is 0 Å². The van der Waals surface area contributed by atoms with Gasteiger partial charge < -0.3 is 5.11 Å². The largest absolute Gasteiger partial charge is 0.392 e. The van der Waals surface area contributed by atoms with Crippen LogP contribution in [0.5, 0.6) is 0 Å². The third-order valence-electron chi connectivity index (χ3n) is 2.54. The molecular formula is C12H10N4O. The molecule has 3 aromatic rings. The maximum Gasteiger partial charge on any atom is 0.251 e. The first-order chi connectivity index (χ1) is 8.38. The molecular weight excluding hydrogens is 216 g/mol. The van der Waals surface area contributed by atoms with Gasteiger partial charge in [0.05, 0.1) is 18.3 Å². The van der Waals surface area contributed by atoms with E-state index in [1.54, 1.807) is 23.3 Å². The van der Waals surface area contributed by atoms with Crippen molar-refractivity contribution in [1.29, 1.82) is 0 Å². The second-order valence-corrected chi connectivity index (χ2v) is 3.66. The summed E-state index contributed by atoms with van der Waals surface area (Å²) in [5, 5.41) is 14.2. The van der Waals surface area contributed by atoms with Gasteiger partial charge in [-0.3, -0.25) is 0 Å². The zero-order valence-corrected chi connectivity index (χ0v) is 8.98. The Kier molecular flexibility index (Phi) is 2.31. The molecule has 0 spiro atoms. The van der Waals surface area contributed by atoms with Crippen molar-refractivity contribution in [3.05, 3.63) is 48.4 Å². The van der Waals surface area contributed by atoms with Crippen molar-refractivity contribution in [2.45, 2.75) is 6.61 Å². The standard InChI is InChI=1S/C12H10N4O/c17-8-9-5-13-12(14-6-9)16-11-4-2-1-3-10(11)7-15-16/h1-7,17H,8H2. The quantitative estimate of drug-likeness (QED) is 0.715. The maximum atomic E-state index is 8.93. The average Bonchev–Trinajstić information content (AvgIpc) is 2.83. The monoisotopic (exact) mass is 226 g/mol. The molecule has 0 saturated carbocycles. The van der Waals surface area contributed by atoms with Gasteiger partial charge in [0.25, 0.3) is 5.95 Å². The van der Waals surface area contributed by atoms with Crippen molar-refractivity contribution in [2.24, 2.45) is 0 Å². The van der Waals surface area contributed by atoms with Crippen molar-refractivity contribution in [3.63, 3.8) is 0 Å². The summed E-state index contributed by atoms with van der Waals surface area (Å²) in [6, 6.07) is 7.86. The van der Waals surface area contributed by atoms with Gasteiger partial charge in [-0.25, -0.2) is 9.97 Å². The lowest BCUT2D eigenvalue weighted by molar-refractivity contribution is 0.281. The van der Waals surface area contributed by atoms with Crippen molar-refractivity contribution in [1.82, 2.24) is 19.7 Å². The minimum atomic E-state index is -0.0554. The number of rotatable bonds is 2. The van der Waals surface area contributed by atoms with Crippen molar-refractivity contribution >= 4 is 10.9 Å². The number of fused-ring (bicyclic) bond motifs is 1. The summed E-state index contributed by atoms with van der Waals surface area (Å²) in [6.07, 6.45) is 4.97. The fourth-order valence-electron chi connectivity index (χ4n) is 1.67. The molecule has 0 radical (unpaired) electrons. The molecule has 0 saturated heterocycles. The zero-order valence-electron chi connectivity index (χ0n) is 8.98. The molecule has 0 aliphatic heterocycles. The summed E-state index contributed by atoms with van der Waals surface area (Å²) in [5.74, 6) is 0.503. The smallest absolute Gasteiger partial charge is 0.251 e. The van der Waals surface area contributed by atoms with E-state index in [4.69, 9.17) is 5.11 Å². The fourth-order valence-corrected chi connectivity index (χ4v) is 1.67. The minimum absolute atomic E-state index is 0.0554. The normalized spacial score (nSPS) is 10.9. The Balaban J connectivity index is 2.13. The highest BCUT2D eigenvalue weighted by molar-refractivity contribution is 5.79. The first-order valence-corrected chi connectivity index (χ1v) is 5.23. The van der Waals surface area contributed by atoms with Crippen LogP contribution in [0.25, 0.3) is 16.9 Å². The lowest BCUT2D eigenvalue weighted by atomic mass is 10.3. The molecule has 1 N–H and O–H groups in total. The molecule has 2 heterocycles. The van der Waals surface area contributed by atoms with Gasteiger partial charge in [0, 0.05) is 23.3 Å². The highest BCUT2D eigenvalue weighted by atomic mass is 16.3. The Morgan fingerprint density at radius 1 is 1.06 bits per heavy atom. The number of aliphatic hydroxyl groups excluding tert-OH is 1. The summed E-state index contributed by atoms with van der Waals surface area (Å²) in [4.78, 5) is 8.34. The number of hydrogen-bond acceptors (Lipinski definition) is 4. The average molecular weight is 226 g/mol. The van der Waals surface area contributed by atoms with Gasteiger partial charge in [-0.2, -0.15) is 9.78 Å². The van der Waals surface area contributed by atoms with E-state index in [0.29, 0.717) is 11.5 Å². The Morgan fingerprint density at radius 2 is 1.82 bits per heavy atom. The Hall–Kier alpha value is -2.27. The first kappa shape index (κ1) is 9.92. The van der Waals surface area contributed by atoms with Crippen molar-refractivity contribution in [2.75, 3.05) is 0 Å². The number of aromatic nitrogens is 4. The summed E-state index contributed by atoms with van der Waals surface area (Å²) in [7, 11) is 0. The van der Waals surface area contributed by atoms with Gasteiger partial charge in [-0.15, -0.1) is 0 Å². The lowest BCUT2D eigenvalue weighted by Crippen LogP contribution is -2.03. The molecule has 0 unspecified atom stereocenters. The lowest BCUT2D eigenvalue weighted by Gasteiger charge is -2.01. The van der Waals surface area contributed by atoms with E-state index in [-0.39, 0.29) is 6.61 Å². The van der Waals surface area contributed by atoms with Crippen LogP contribution in [-0.4, -0.2) is 24.9 Å². The van der Waals surface area contributed by atoms with Crippen LogP contribution < -0.4 is 0 Å². The Morgan fingerprint density at radius 3 is 2.59 bits per heavy atom. The van der Waals surface area contributed by atoms with Gasteiger partial charge >= 0.3 is 0 Å². The second-order valence-electron chi connectivity index (χ2n) is 3.66. The summed E-state index contributed by atoms with van der Waals surface area (Å²) in [5.41, 5.74) is 1.65. The SMILES string of the molecule is OCc1cnc(-n2ncc3ccccc32)nc1. The van der Waals surface area contributed by atoms with Gasteiger partial charge in [-0.05, 0) is 6.07 Å². The molecule has 84 valence electrons. The number of nitrogens with zero attached hydrogens (tertiary/aromatic N) is 4. The molecule has 0 amide bonds. The van der Waals surface area contributed by atoms with E-state index in [1.165, 1.54) is 0 Å². The zero-order chi connectivity index (χ0) is 11.7. The molecule has 0 aliphatic rings. The molecule has 2 aromatic heterocycles. The van der Waals surface area contributed by atoms with Crippen molar-refractivity contribution in [3.8, 4) is 5.95 Å². The fraction of sp³-hybridized carbons (Fsp3) is 0.0833. The predicted molar refractivity (Wildman–Crippen MR) is 62.6 cm³/mol. The molecule has 1 aromatic carbocycles. The highest BCUT2D eigenvalue weighted by Gasteiger charge is 2.06. The second kappa shape index (κ2) is 3.95. The van der Waals surface area contributed by atoms with Gasteiger partial charge in [0.15, 0.2) is 0 Å². The van der Waals surface area contributed by atoms with Crippen LogP contribution >= 0.6 is 0 Å². The molecule has 0 aliphatic carbocycles. The van der Waals surface area contributed by atoms with Crippen LogP contribution in [-0.2, 0) is 6.61 Å². The third-order valence-corrected chi connectivity index (χ3v) is 2.54. The van der Waals surface area contributed by atoms with E-state index in [1.807, 2.05) is 24.3 Å². The number of benzene rings is 1. The molecule has 5 nitrogen and oxygen atoms in total. The van der Waals surface area contributed by atoms with Gasteiger partial charge in [-0.1, -0.05) is 18.2 Å². The molecule has 17 heavy (non-hydrogen) atoms. The topological polar surface area (TPSA) is 63.8 Å². The predicted octanol–water partition coefficient (Wildman–Crippen LogP) is 1.31. The molecule has 0 atom stereocenters. The van der Waals surface area contributed by atoms with E-state index >= 15 is 0 Å². The van der Waals surface area contributed by atoms with Crippen LogP contribution in [0.15, 0.2) is 42.9 Å². The maximum absolute atomic E-state index is 8.93. The molecule has 3 rings (SSSR count). The molecule has 0 bridgehead atoms. The van der Waals surface area contributed by atoms with E-state index in [0.717, 1.165) is 10.9 Å². The Labute approximate surface area is 97.4 Å². The van der Waals surface area contributed by atoms with E-state index in [9.17, 15) is 0 Å². The first-order valence-electron chi connectivity index (χ1n) is 5.23. The van der Waals surface area contributed by atoms with Gasteiger partial charge in [0.1, 0.15) is 0 Å².